The Hall–Kier alpha value is -2.26. The summed E-state index contributed by atoms with van der Waals surface area (Å²) in [5.41, 5.74) is 0.640. The number of carbonyl (C=O) groups excluding carboxylic acids is 1. The minimum atomic E-state index is -0.200. The normalized spacial score (nSPS) is 10.6. The molecule has 0 unspecified atom stereocenters. The first-order chi connectivity index (χ1) is 14.4. The van der Waals surface area contributed by atoms with Crippen LogP contribution in [0.4, 0.5) is 5.13 Å². The van der Waals surface area contributed by atoms with Crippen LogP contribution >= 0.6 is 35.3 Å². The molecule has 31 heavy (non-hydrogen) atoms. The Morgan fingerprint density at radius 1 is 1.10 bits per heavy atom. The number of methoxy groups -OCH3 is 2. The highest BCUT2D eigenvalue weighted by molar-refractivity contribution is 7.23. The summed E-state index contributed by atoms with van der Waals surface area (Å²) >= 11 is 7.70. The monoisotopic (exact) mass is 485 g/mol. The van der Waals surface area contributed by atoms with Crippen molar-refractivity contribution in [3.8, 4) is 17.2 Å². The number of fused-ring (bicyclic) bond motifs is 1. The lowest BCUT2D eigenvalue weighted by Crippen LogP contribution is -2.39. The van der Waals surface area contributed by atoms with Crippen LogP contribution in [-0.4, -0.2) is 63.8 Å². The smallest absolute Gasteiger partial charge is 0.266 e. The molecule has 0 atom stereocenters. The van der Waals surface area contributed by atoms with Gasteiger partial charge in [-0.2, -0.15) is 0 Å². The number of hydrogen-bond donors (Lipinski definition) is 0. The number of thiazole rings is 1. The summed E-state index contributed by atoms with van der Waals surface area (Å²) in [4.78, 5) is 21.3. The molecule has 0 spiro atoms. The Labute approximate surface area is 196 Å². The number of aromatic nitrogens is 1. The SMILES string of the molecule is COc1cccc(OCC(=O)N(CCN(C)C)c2nc3c(OC)ccc(Cl)c3s2)c1.Cl. The first kappa shape index (κ1) is 25.0. The van der Waals surface area contributed by atoms with E-state index in [4.69, 9.17) is 25.8 Å². The zero-order valence-corrected chi connectivity index (χ0v) is 20.1. The second-order valence-corrected chi connectivity index (χ2v) is 8.12. The van der Waals surface area contributed by atoms with E-state index in [1.54, 1.807) is 43.4 Å². The molecule has 10 heteroatoms. The number of benzene rings is 2. The van der Waals surface area contributed by atoms with Gasteiger partial charge in [-0.25, -0.2) is 4.98 Å². The minimum absolute atomic E-state index is 0. The van der Waals surface area contributed by atoms with Gasteiger partial charge in [-0.15, -0.1) is 12.4 Å². The van der Waals surface area contributed by atoms with Gasteiger partial charge in [-0.3, -0.25) is 9.69 Å². The molecule has 0 aliphatic rings. The third-order valence-corrected chi connectivity index (χ3v) is 5.91. The maximum absolute atomic E-state index is 13.1. The van der Waals surface area contributed by atoms with Crippen molar-refractivity contribution >= 4 is 56.6 Å². The lowest BCUT2D eigenvalue weighted by atomic mass is 10.3. The molecular formula is C21H25Cl2N3O4S. The zero-order valence-electron chi connectivity index (χ0n) is 17.8. The molecule has 0 saturated heterocycles. The van der Waals surface area contributed by atoms with Crippen molar-refractivity contribution < 1.29 is 19.0 Å². The Bertz CT molecular complexity index is 1030. The Kier molecular flexibility index (Phi) is 9.18. The molecule has 3 aromatic rings. The zero-order chi connectivity index (χ0) is 21.7. The number of likely N-dealkylation sites (N-methyl/N-ethyl adjacent to an activating group) is 1. The van der Waals surface area contributed by atoms with Gasteiger partial charge in [-0.05, 0) is 38.4 Å². The van der Waals surface area contributed by atoms with E-state index in [0.29, 0.717) is 46.0 Å². The summed E-state index contributed by atoms with van der Waals surface area (Å²) in [5, 5.41) is 1.12. The van der Waals surface area contributed by atoms with Crippen LogP contribution in [0.15, 0.2) is 36.4 Å². The van der Waals surface area contributed by atoms with Gasteiger partial charge in [-0.1, -0.05) is 29.0 Å². The largest absolute Gasteiger partial charge is 0.497 e. The number of nitrogens with zero attached hydrogens (tertiary/aromatic N) is 3. The van der Waals surface area contributed by atoms with Crippen molar-refractivity contribution in [1.29, 1.82) is 0 Å². The van der Waals surface area contributed by atoms with Crippen molar-refractivity contribution in [1.82, 2.24) is 9.88 Å². The number of rotatable bonds is 9. The van der Waals surface area contributed by atoms with E-state index in [9.17, 15) is 4.79 Å². The molecule has 1 heterocycles. The van der Waals surface area contributed by atoms with Crippen molar-refractivity contribution in [3.05, 3.63) is 41.4 Å². The van der Waals surface area contributed by atoms with E-state index in [-0.39, 0.29) is 24.9 Å². The number of anilines is 1. The number of ether oxygens (including phenoxy) is 3. The summed E-state index contributed by atoms with van der Waals surface area (Å²) in [6.07, 6.45) is 0. The third-order valence-electron chi connectivity index (χ3n) is 4.37. The summed E-state index contributed by atoms with van der Waals surface area (Å²) in [7, 11) is 7.07. The van der Waals surface area contributed by atoms with Gasteiger partial charge in [0.15, 0.2) is 11.7 Å². The second-order valence-electron chi connectivity index (χ2n) is 6.74. The molecule has 3 rings (SSSR count). The molecule has 1 amide bonds. The molecule has 0 fully saturated rings. The lowest BCUT2D eigenvalue weighted by molar-refractivity contribution is -0.120. The first-order valence-electron chi connectivity index (χ1n) is 9.28. The van der Waals surface area contributed by atoms with Gasteiger partial charge in [0.1, 0.15) is 22.8 Å². The maximum atomic E-state index is 13.1. The molecule has 0 aliphatic carbocycles. The summed E-state index contributed by atoms with van der Waals surface area (Å²) < 4.78 is 17.1. The number of halogens is 2. The molecule has 168 valence electrons. The lowest BCUT2D eigenvalue weighted by Gasteiger charge is -2.22. The highest BCUT2D eigenvalue weighted by atomic mass is 35.5. The Balaban J connectivity index is 0.00000341. The van der Waals surface area contributed by atoms with E-state index in [1.807, 2.05) is 31.1 Å². The van der Waals surface area contributed by atoms with Crippen molar-refractivity contribution in [3.63, 3.8) is 0 Å². The molecule has 0 radical (unpaired) electrons. The third kappa shape index (κ3) is 6.13. The van der Waals surface area contributed by atoms with Crippen molar-refractivity contribution in [2.75, 3.05) is 52.9 Å². The van der Waals surface area contributed by atoms with E-state index in [2.05, 4.69) is 4.98 Å². The standard InChI is InChI=1S/C21H24ClN3O4S.ClH/c1-24(2)10-11-25(18(26)13-29-15-7-5-6-14(12-15)27-3)21-23-19-17(28-4)9-8-16(22)20(19)30-21;/h5-9,12H,10-11,13H2,1-4H3;1H. The molecule has 1 aromatic heterocycles. The number of carbonyl (C=O) groups is 1. The van der Waals surface area contributed by atoms with Crippen LogP contribution in [0.1, 0.15) is 0 Å². The van der Waals surface area contributed by atoms with Gasteiger partial charge in [0, 0.05) is 19.2 Å². The summed E-state index contributed by atoms with van der Waals surface area (Å²) in [5.74, 6) is 1.64. The van der Waals surface area contributed by atoms with Gasteiger partial charge < -0.3 is 19.1 Å². The highest BCUT2D eigenvalue weighted by Gasteiger charge is 2.22. The molecular weight excluding hydrogens is 461 g/mol. The second kappa shape index (κ2) is 11.4. The van der Waals surface area contributed by atoms with E-state index >= 15 is 0 Å². The average Bonchev–Trinajstić information content (AvgIpc) is 3.18. The predicted molar refractivity (Wildman–Crippen MR) is 128 cm³/mol. The number of hydrogen-bond acceptors (Lipinski definition) is 7. The van der Waals surface area contributed by atoms with Crippen LogP contribution in [0.2, 0.25) is 5.02 Å². The Morgan fingerprint density at radius 3 is 2.52 bits per heavy atom. The maximum Gasteiger partial charge on any atom is 0.266 e. The van der Waals surface area contributed by atoms with Crippen LogP contribution in [0.25, 0.3) is 10.2 Å². The fourth-order valence-electron chi connectivity index (χ4n) is 2.76. The molecule has 7 nitrogen and oxygen atoms in total. The van der Waals surface area contributed by atoms with Gasteiger partial charge in [0.25, 0.3) is 5.91 Å². The Morgan fingerprint density at radius 2 is 1.84 bits per heavy atom. The van der Waals surface area contributed by atoms with E-state index in [0.717, 1.165) is 4.70 Å². The fraction of sp³-hybridized carbons (Fsp3) is 0.333. The highest BCUT2D eigenvalue weighted by Crippen LogP contribution is 2.38. The van der Waals surface area contributed by atoms with Crippen molar-refractivity contribution in [2.24, 2.45) is 0 Å². The molecule has 2 aromatic carbocycles. The van der Waals surface area contributed by atoms with E-state index in [1.165, 1.54) is 11.3 Å². The minimum Gasteiger partial charge on any atom is -0.497 e. The summed E-state index contributed by atoms with van der Waals surface area (Å²) in [6.45, 7) is 1.01. The molecule has 0 aliphatic heterocycles. The average molecular weight is 486 g/mol. The van der Waals surface area contributed by atoms with Gasteiger partial charge in [0.05, 0.1) is 23.9 Å². The predicted octanol–water partition coefficient (Wildman–Crippen LogP) is 4.36. The van der Waals surface area contributed by atoms with Crippen LogP contribution in [-0.2, 0) is 4.79 Å². The van der Waals surface area contributed by atoms with Crippen LogP contribution in [0, 0.1) is 0 Å². The number of amides is 1. The fourth-order valence-corrected chi connectivity index (χ4v) is 4.06. The van der Waals surface area contributed by atoms with Gasteiger partial charge in [0.2, 0.25) is 0 Å². The van der Waals surface area contributed by atoms with Crippen LogP contribution in [0.3, 0.4) is 0 Å². The van der Waals surface area contributed by atoms with Crippen molar-refractivity contribution in [2.45, 2.75) is 0 Å². The molecule has 0 N–H and O–H groups in total. The van der Waals surface area contributed by atoms with Crippen LogP contribution < -0.4 is 19.1 Å². The summed E-state index contributed by atoms with van der Waals surface area (Å²) in [6, 6.07) is 10.7. The van der Waals surface area contributed by atoms with E-state index < -0.39 is 0 Å². The molecule has 0 bridgehead atoms. The quantitative estimate of drug-likeness (QED) is 0.448. The first-order valence-corrected chi connectivity index (χ1v) is 10.5. The molecule has 0 saturated carbocycles. The van der Waals surface area contributed by atoms with Crippen LogP contribution in [0.5, 0.6) is 17.2 Å². The topological polar surface area (TPSA) is 64.1 Å². The van der Waals surface area contributed by atoms with Gasteiger partial charge >= 0.3 is 0 Å².